The standard InChI is InChI=1S/C32H29F3N6O3/c1-4-40(5-2)31(43)39-29-17-26(11-12-36-29)44-25-9-10-27-21(13-25)7-6-8-28(27)30(42)38-23-14-22(32(33,34)35)15-24(16-23)41-18-20(3)37-19-41/h6-19H,4-5H2,1-3H3,(H,38,42)(H,36,39,43). The lowest BCUT2D eigenvalue weighted by Crippen LogP contribution is -2.34. The monoisotopic (exact) mass is 602 g/mol. The van der Waals surface area contributed by atoms with Gasteiger partial charge in [0.25, 0.3) is 5.91 Å². The number of aryl methyl sites for hydroxylation is 1. The van der Waals surface area contributed by atoms with Crippen molar-refractivity contribution in [3.8, 4) is 17.2 Å². The predicted molar refractivity (Wildman–Crippen MR) is 161 cm³/mol. The number of benzene rings is 3. The first-order valence-electron chi connectivity index (χ1n) is 13.8. The molecule has 12 heteroatoms. The van der Waals surface area contributed by atoms with E-state index in [1.165, 1.54) is 23.2 Å². The number of aromatic nitrogens is 3. The summed E-state index contributed by atoms with van der Waals surface area (Å²) < 4.78 is 48.6. The molecule has 2 aromatic heterocycles. The Balaban J connectivity index is 1.37. The van der Waals surface area contributed by atoms with E-state index in [1.54, 1.807) is 66.6 Å². The Hall–Kier alpha value is -5.39. The summed E-state index contributed by atoms with van der Waals surface area (Å²) in [5.74, 6) is 0.677. The molecule has 0 aliphatic rings. The minimum absolute atomic E-state index is 0.00953. The number of nitrogens with zero attached hydrogens (tertiary/aromatic N) is 4. The van der Waals surface area contributed by atoms with Gasteiger partial charge >= 0.3 is 12.2 Å². The van der Waals surface area contributed by atoms with Crippen LogP contribution in [-0.2, 0) is 6.18 Å². The maximum Gasteiger partial charge on any atom is 0.416 e. The molecule has 226 valence electrons. The number of amides is 3. The number of ether oxygens (including phenoxy) is 1. The second kappa shape index (κ2) is 12.5. The third kappa shape index (κ3) is 6.80. The van der Waals surface area contributed by atoms with Gasteiger partial charge in [0.15, 0.2) is 0 Å². The minimum atomic E-state index is -4.62. The quantitative estimate of drug-likeness (QED) is 0.190. The van der Waals surface area contributed by atoms with Crippen molar-refractivity contribution < 1.29 is 27.5 Å². The normalized spacial score (nSPS) is 11.3. The molecule has 0 bridgehead atoms. The van der Waals surface area contributed by atoms with Crippen LogP contribution in [0.5, 0.6) is 11.5 Å². The van der Waals surface area contributed by atoms with Gasteiger partial charge in [0, 0.05) is 48.5 Å². The third-order valence-corrected chi connectivity index (χ3v) is 6.86. The van der Waals surface area contributed by atoms with Gasteiger partial charge in [-0.05, 0) is 80.1 Å². The Labute approximate surface area is 251 Å². The van der Waals surface area contributed by atoms with Crippen molar-refractivity contribution in [2.24, 2.45) is 0 Å². The largest absolute Gasteiger partial charge is 0.457 e. The van der Waals surface area contributed by atoms with Gasteiger partial charge in [0.1, 0.15) is 17.3 Å². The van der Waals surface area contributed by atoms with Crippen molar-refractivity contribution in [1.82, 2.24) is 19.4 Å². The smallest absolute Gasteiger partial charge is 0.416 e. The molecule has 2 heterocycles. The van der Waals surface area contributed by atoms with Crippen LogP contribution in [0.15, 0.2) is 85.5 Å². The molecular formula is C32H29F3N6O3. The number of halogens is 3. The molecule has 44 heavy (non-hydrogen) atoms. The summed E-state index contributed by atoms with van der Waals surface area (Å²) in [5.41, 5.74) is 0.214. The number of alkyl halides is 3. The van der Waals surface area contributed by atoms with E-state index < -0.39 is 17.6 Å². The van der Waals surface area contributed by atoms with Crippen molar-refractivity contribution >= 4 is 34.2 Å². The molecule has 0 aliphatic heterocycles. The van der Waals surface area contributed by atoms with Gasteiger partial charge in [0.2, 0.25) is 0 Å². The highest BCUT2D eigenvalue weighted by molar-refractivity contribution is 6.13. The number of anilines is 2. The van der Waals surface area contributed by atoms with Crippen molar-refractivity contribution in [2.75, 3.05) is 23.7 Å². The fourth-order valence-electron chi connectivity index (χ4n) is 4.66. The number of urea groups is 1. The fraction of sp³-hybridized carbons (Fsp3) is 0.188. The molecule has 0 spiro atoms. The summed E-state index contributed by atoms with van der Waals surface area (Å²) >= 11 is 0. The molecule has 3 amide bonds. The SMILES string of the molecule is CCN(CC)C(=O)Nc1cc(Oc2ccc3c(C(=O)Nc4cc(-n5cnc(C)c5)cc(C(F)(F)F)c4)cccc3c2)ccn1. The van der Waals surface area contributed by atoms with Gasteiger partial charge in [0.05, 0.1) is 17.6 Å². The van der Waals surface area contributed by atoms with E-state index in [0.717, 1.165) is 12.1 Å². The first kappa shape index (κ1) is 30.1. The Bertz CT molecular complexity index is 1830. The minimum Gasteiger partial charge on any atom is -0.457 e. The second-order valence-corrected chi connectivity index (χ2v) is 9.91. The highest BCUT2D eigenvalue weighted by Crippen LogP contribution is 2.34. The van der Waals surface area contributed by atoms with Gasteiger partial charge in [-0.15, -0.1) is 0 Å². The number of hydrogen-bond donors (Lipinski definition) is 2. The van der Waals surface area contributed by atoms with Crippen LogP contribution >= 0.6 is 0 Å². The Morgan fingerprint density at radius 1 is 0.932 bits per heavy atom. The lowest BCUT2D eigenvalue weighted by Gasteiger charge is -2.19. The van der Waals surface area contributed by atoms with Gasteiger partial charge in [-0.1, -0.05) is 12.1 Å². The van der Waals surface area contributed by atoms with Gasteiger partial charge in [-0.25, -0.2) is 14.8 Å². The Morgan fingerprint density at radius 3 is 2.41 bits per heavy atom. The van der Waals surface area contributed by atoms with E-state index >= 15 is 0 Å². The van der Waals surface area contributed by atoms with Crippen molar-refractivity contribution in [2.45, 2.75) is 26.9 Å². The molecule has 5 aromatic rings. The molecule has 0 saturated heterocycles. The number of rotatable bonds is 8. The van der Waals surface area contributed by atoms with E-state index in [9.17, 15) is 22.8 Å². The van der Waals surface area contributed by atoms with Crippen LogP contribution in [0, 0.1) is 6.92 Å². The zero-order valence-corrected chi connectivity index (χ0v) is 24.1. The first-order valence-corrected chi connectivity index (χ1v) is 13.8. The van der Waals surface area contributed by atoms with Crippen LogP contribution in [0.4, 0.5) is 29.5 Å². The number of fused-ring (bicyclic) bond motifs is 1. The average molecular weight is 603 g/mol. The molecular weight excluding hydrogens is 573 g/mol. The predicted octanol–water partition coefficient (Wildman–Crippen LogP) is 7.67. The zero-order valence-electron chi connectivity index (χ0n) is 24.1. The second-order valence-electron chi connectivity index (χ2n) is 9.91. The van der Waals surface area contributed by atoms with E-state index in [1.807, 2.05) is 13.8 Å². The maximum absolute atomic E-state index is 13.7. The van der Waals surface area contributed by atoms with Crippen molar-refractivity contribution in [3.63, 3.8) is 0 Å². The Morgan fingerprint density at radius 2 is 1.70 bits per heavy atom. The average Bonchev–Trinajstić information content (AvgIpc) is 3.43. The summed E-state index contributed by atoms with van der Waals surface area (Å²) in [6.45, 7) is 6.61. The summed E-state index contributed by atoms with van der Waals surface area (Å²) in [5, 5.41) is 6.63. The molecule has 9 nitrogen and oxygen atoms in total. The van der Waals surface area contributed by atoms with Crippen LogP contribution < -0.4 is 15.4 Å². The molecule has 0 radical (unpaired) electrons. The summed E-state index contributed by atoms with van der Waals surface area (Å²) in [4.78, 5) is 35.6. The molecule has 0 fully saturated rings. The molecule has 0 atom stereocenters. The fourth-order valence-corrected chi connectivity index (χ4v) is 4.66. The summed E-state index contributed by atoms with van der Waals surface area (Å²) in [6.07, 6.45) is -0.0895. The lowest BCUT2D eigenvalue weighted by atomic mass is 10.0. The van der Waals surface area contributed by atoms with Crippen LogP contribution in [0.3, 0.4) is 0 Å². The van der Waals surface area contributed by atoms with Crippen LogP contribution in [0.25, 0.3) is 16.5 Å². The number of nitrogens with one attached hydrogen (secondary N) is 2. The van der Waals surface area contributed by atoms with Gasteiger partial charge in [-0.2, -0.15) is 13.2 Å². The summed E-state index contributed by atoms with van der Waals surface area (Å²) in [7, 11) is 0. The molecule has 0 unspecified atom stereocenters. The number of pyridine rings is 1. The van der Waals surface area contributed by atoms with E-state index in [2.05, 4.69) is 20.6 Å². The van der Waals surface area contributed by atoms with E-state index in [0.29, 0.717) is 46.9 Å². The number of hydrogen-bond acceptors (Lipinski definition) is 5. The maximum atomic E-state index is 13.7. The zero-order chi connectivity index (χ0) is 31.4. The lowest BCUT2D eigenvalue weighted by molar-refractivity contribution is -0.137. The molecule has 2 N–H and O–H groups in total. The van der Waals surface area contributed by atoms with Crippen LogP contribution in [0.1, 0.15) is 35.5 Å². The van der Waals surface area contributed by atoms with E-state index in [4.69, 9.17) is 4.74 Å². The molecule has 0 saturated carbocycles. The van der Waals surface area contributed by atoms with E-state index in [-0.39, 0.29) is 23.0 Å². The third-order valence-electron chi connectivity index (χ3n) is 6.86. The summed E-state index contributed by atoms with van der Waals surface area (Å²) in [6, 6.07) is 16.5. The topological polar surface area (TPSA) is 101 Å². The molecule has 5 rings (SSSR count). The number of imidazole rings is 1. The van der Waals surface area contributed by atoms with Gasteiger partial charge in [-0.3, -0.25) is 10.1 Å². The van der Waals surface area contributed by atoms with Gasteiger partial charge < -0.3 is 19.5 Å². The number of carbonyl (C=O) groups is 2. The first-order chi connectivity index (χ1) is 21.0. The van der Waals surface area contributed by atoms with Crippen LogP contribution in [-0.4, -0.2) is 44.5 Å². The Kier molecular flexibility index (Phi) is 8.52. The molecule has 3 aromatic carbocycles. The highest BCUT2D eigenvalue weighted by atomic mass is 19.4. The highest BCUT2D eigenvalue weighted by Gasteiger charge is 2.31. The molecule has 0 aliphatic carbocycles. The van der Waals surface area contributed by atoms with Crippen molar-refractivity contribution in [1.29, 1.82) is 0 Å². The number of carbonyl (C=O) groups excluding carboxylic acids is 2. The van der Waals surface area contributed by atoms with Crippen molar-refractivity contribution in [3.05, 3.63) is 102 Å². The van der Waals surface area contributed by atoms with Crippen LogP contribution in [0.2, 0.25) is 0 Å².